The first-order chi connectivity index (χ1) is 13.0. The molecule has 27 heavy (non-hydrogen) atoms. The van der Waals surface area contributed by atoms with Crippen LogP contribution in [0.25, 0.3) is 21.5 Å². The van der Waals surface area contributed by atoms with Gasteiger partial charge in [0.05, 0.1) is 0 Å². The maximum absolute atomic E-state index is 10.7. The second kappa shape index (κ2) is 7.44. The van der Waals surface area contributed by atoms with E-state index in [9.17, 15) is 5.11 Å². The Bertz CT molecular complexity index is 1020. The van der Waals surface area contributed by atoms with Crippen molar-refractivity contribution >= 4 is 33.0 Å². The molecule has 2 atom stereocenters. The number of ether oxygens (including phenoxy) is 1. The number of rotatable bonds is 7. The van der Waals surface area contributed by atoms with E-state index in [1.54, 1.807) is 29.6 Å². The van der Waals surface area contributed by atoms with Gasteiger partial charge in [-0.1, -0.05) is 23.4 Å². The van der Waals surface area contributed by atoms with Crippen LogP contribution < -0.4 is 10.5 Å². The molecular formula is C20H20N2O3S2. The Morgan fingerprint density at radius 2 is 2.11 bits per heavy atom. The fourth-order valence-electron chi connectivity index (χ4n) is 2.83. The van der Waals surface area contributed by atoms with Crippen molar-refractivity contribution in [3.63, 3.8) is 0 Å². The zero-order valence-corrected chi connectivity index (χ0v) is 16.4. The lowest BCUT2D eigenvalue weighted by Gasteiger charge is -2.30. The van der Waals surface area contributed by atoms with Crippen molar-refractivity contribution in [3.05, 3.63) is 58.1 Å². The minimum absolute atomic E-state index is 0.521. The van der Waals surface area contributed by atoms with E-state index >= 15 is 0 Å². The third kappa shape index (κ3) is 3.91. The van der Waals surface area contributed by atoms with Gasteiger partial charge in [0.15, 0.2) is 11.8 Å². The minimum atomic E-state index is -1.14. The number of nitrogens with two attached hydrogens (primary N) is 1. The Morgan fingerprint density at radius 3 is 2.93 bits per heavy atom. The lowest BCUT2D eigenvalue weighted by Crippen LogP contribution is -2.49. The van der Waals surface area contributed by atoms with Crippen molar-refractivity contribution in [1.29, 1.82) is 0 Å². The molecule has 3 heterocycles. The molecule has 0 spiro atoms. The van der Waals surface area contributed by atoms with Crippen LogP contribution in [0.15, 0.2) is 57.7 Å². The van der Waals surface area contributed by atoms with E-state index in [2.05, 4.69) is 11.2 Å². The number of nitrogens with zero attached hydrogens (tertiary/aromatic N) is 1. The molecule has 0 radical (unpaired) electrons. The van der Waals surface area contributed by atoms with Gasteiger partial charge in [-0.2, -0.15) is 0 Å². The SMILES string of the molecule is C[C@@](O)(CCc1cccs1)C(N)Oc1cccc(-c2noc3ccsc23)c1. The molecule has 1 unspecified atom stereocenters. The lowest BCUT2D eigenvalue weighted by molar-refractivity contribution is -0.0503. The minimum Gasteiger partial charge on any atom is -0.472 e. The third-order valence-corrected chi connectivity index (χ3v) is 6.36. The molecule has 0 aliphatic rings. The van der Waals surface area contributed by atoms with E-state index in [4.69, 9.17) is 15.0 Å². The largest absolute Gasteiger partial charge is 0.472 e. The summed E-state index contributed by atoms with van der Waals surface area (Å²) in [5.41, 5.74) is 7.46. The first kappa shape index (κ1) is 18.2. The van der Waals surface area contributed by atoms with E-state index < -0.39 is 11.8 Å². The summed E-state index contributed by atoms with van der Waals surface area (Å²) in [6.45, 7) is 1.71. The smallest absolute Gasteiger partial charge is 0.178 e. The molecule has 7 heteroatoms. The summed E-state index contributed by atoms with van der Waals surface area (Å²) in [5, 5.41) is 18.9. The van der Waals surface area contributed by atoms with Crippen LogP contribution in [0.5, 0.6) is 5.75 Å². The number of aryl methyl sites for hydroxylation is 1. The second-order valence-electron chi connectivity index (χ2n) is 6.65. The predicted molar refractivity (Wildman–Crippen MR) is 109 cm³/mol. The van der Waals surface area contributed by atoms with E-state index in [0.717, 1.165) is 28.0 Å². The second-order valence-corrected chi connectivity index (χ2v) is 8.60. The van der Waals surface area contributed by atoms with Crippen LogP contribution in [0.4, 0.5) is 0 Å². The summed E-state index contributed by atoms with van der Waals surface area (Å²) in [4.78, 5) is 1.22. The normalized spacial score (nSPS) is 14.9. The summed E-state index contributed by atoms with van der Waals surface area (Å²) in [6.07, 6.45) is 0.441. The number of hydrogen-bond acceptors (Lipinski definition) is 7. The predicted octanol–water partition coefficient (Wildman–Crippen LogP) is 4.67. The molecule has 140 valence electrons. The molecule has 3 aromatic heterocycles. The third-order valence-electron chi connectivity index (χ3n) is 4.52. The lowest BCUT2D eigenvalue weighted by atomic mass is 9.98. The van der Waals surface area contributed by atoms with Crippen molar-refractivity contribution in [3.8, 4) is 17.0 Å². The number of benzene rings is 1. The zero-order chi connectivity index (χ0) is 18.9. The molecule has 1 aromatic carbocycles. The van der Waals surface area contributed by atoms with Gasteiger partial charge in [-0.3, -0.25) is 5.73 Å². The van der Waals surface area contributed by atoms with E-state index in [0.29, 0.717) is 12.2 Å². The highest BCUT2D eigenvalue weighted by atomic mass is 32.1. The molecule has 0 bridgehead atoms. The Balaban J connectivity index is 1.48. The van der Waals surface area contributed by atoms with Crippen LogP contribution in [0.1, 0.15) is 18.2 Å². The van der Waals surface area contributed by atoms with Crippen molar-refractivity contribution in [2.24, 2.45) is 5.73 Å². The number of thiophene rings is 2. The number of fused-ring (bicyclic) bond motifs is 1. The van der Waals surface area contributed by atoms with E-state index in [-0.39, 0.29) is 0 Å². The van der Waals surface area contributed by atoms with Crippen molar-refractivity contribution in [1.82, 2.24) is 5.16 Å². The highest BCUT2D eigenvalue weighted by molar-refractivity contribution is 7.17. The molecular weight excluding hydrogens is 380 g/mol. The summed E-state index contributed by atoms with van der Waals surface area (Å²) in [5.74, 6) is 0.587. The van der Waals surface area contributed by atoms with Crippen molar-refractivity contribution in [2.75, 3.05) is 0 Å². The van der Waals surface area contributed by atoms with E-state index in [1.807, 2.05) is 47.2 Å². The summed E-state index contributed by atoms with van der Waals surface area (Å²) < 4.78 is 12.2. The van der Waals surface area contributed by atoms with Gasteiger partial charge in [0.25, 0.3) is 0 Å². The Labute approximate surface area is 165 Å². The van der Waals surface area contributed by atoms with Crippen LogP contribution in [-0.2, 0) is 6.42 Å². The topological polar surface area (TPSA) is 81.5 Å². The Morgan fingerprint density at radius 1 is 1.22 bits per heavy atom. The molecule has 4 rings (SSSR count). The van der Waals surface area contributed by atoms with Gasteiger partial charge >= 0.3 is 0 Å². The number of aromatic nitrogens is 1. The molecule has 0 saturated carbocycles. The first-order valence-corrected chi connectivity index (χ1v) is 10.4. The molecule has 0 aliphatic carbocycles. The molecule has 5 nitrogen and oxygen atoms in total. The van der Waals surface area contributed by atoms with Crippen LogP contribution in [0, 0.1) is 0 Å². The van der Waals surface area contributed by atoms with Crippen LogP contribution >= 0.6 is 22.7 Å². The summed E-state index contributed by atoms with van der Waals surface area (Å²) >= 11 is 3.26. The van der Waals surface area contributed by atoms with Crippen molar-refractivity contribution in [2.45, 2.75) is 31.6 Å². The maximum atomic E-state index is 10.7. The number of hydrogen-bond donors (Lipinski definition) is 2. The van der Waals surface area contributed by atoms with Crippen LogP contribution in [-0.4, -0.2) is 22.1 Å². The summed E-state index contributed by atoms with van der Waals surface area (Å²) in [6, 6.07) is 13.5. The van der Waals surface area contributed by atoms with Gasteiger partial charge in [-0.25, -0.2) is 0 Å². The van der Waals surface area contributed by atoms with Gasteiger partial charge in [0.1, 0.15) is 21.7 Å². The van der Waals surface area contributed by atoms with Gasteiger partial charge in [-0.15, -0.1) is 22.7 Å². The summed E-state index contributed by atoms with van der Waals surface area (Å²) in [7, 11) is 0. The van der Waals surface area contributed by atoms with Crippen molar-refractivity contribution < 1.29 is 14.4 Å². The molecule has 0 saturated heterocycles. The molecule has 0 aliphatic heterocycles. The molecule has 3 N–H and O–H groups in total. The Kier molecular flexibility index (Phi) is 5.01. The van der Waals surface area contributed by atoms with Crippen LogP contribution in [0.2, 0.25) is 0 Å². The fraction of sp³-hybridized carbons (Fsp3) is 0.250. The van der Waals surface area contributed by atoms with Gasteiger partial charge in [0.2, 0.25) is 0 Å². The number of aliphatic hydroxyl groups is 1. The fourth-order valence-corrected chi connectivity index (χ4v) is 4.35. The Hall–Kier alpha value is -2.19. The standard InChI is InChI=1S/C20H20N2O3S2/c1-20(23,9-7-15-6-3-10-26-15)19(21)24-14-5-2-4-13(12-14)17-18-16(25-22-17)8-11-27-18/h2-6,8,10-12,19,23H,7,9,21H2,1H3/t19?,20-/m1/s1. The van der Waals surface area contributed by atoms with E-state index in [1.165, 1.54) is 4.88 Å². The van der Waals surface area contributed by atoms with Crippen LogP contribution in [0.3, 0.4) is 0 Å². The molecule has 0 fully saturated rings. The zero-order valence-electron chi connectivity index (χ0n) is 14.8. The first-order valence-electron chi connectivity index (χ1n) is 8.63. The molecule has 4 aromatic rings. The molecule has 0 amide bonds. The highest BCUT2D eigenvalue weighted by Crippen LogP contribution is 2.33. The monoisotopic (exact) mass is 400 g/mol. The quantitative estimate of drug-likeness (QED) is 0.441. The van der Waals surface area contributed by atoms with Gasteiger partial charge < -0.3 is 14.4 Å². The highest BCUT2D eigenvalue weighted by Gasteiger charge is 2.31. The average molecular weight is 401 g/mol. The average Bonchev–Trinajstić information content (AvgIpc) is 3.38. The maximum Gasteiger partial charge on any atom is 0.178 e. The van der Waals surface area contributed by atoms with Gasteiger partial charge in [-0.05, 0) is 54.8 Å². The van der Waals surface area contributed by atoms with Gasteiger partial charge in [0, 0.05) is 10.4 Å².